The summed E-state index contributed by atoms with van der Waals surface area (Å²) in [6.07, 6.45) is 8.27. The van der Waals surface area contributed by atoms with Gasteiger partial charge in [0.2, 0.25) is 0 Å². The van der Waals surface area contributed by atoms with Gasteiger partial charge in [0.25, 0.3) is 0 Å². The molecule has 0 saturated heterocycles. The summed E-state index contributed by atoms with van der Waals surface area (Å²) in [5, 5.41) is 7.91. The Morgan fingerprint density at radius 3 is 2.78 bits per heavy atom. The summed E-state index contributed by atoms with van der Waals surface area (Å²) in [5.74, 6) is 4.09. The van der Waals surface area contributed by atoms with Crippen LogP contribution in [0.1, 0.15) is 38.4 Å². The van der Waals surface area contributed by atoms with E-state index < -0.39 is 0 Å². The Kier molecular flexibility index (Phi) is 3.37. The molecule has 0 aliphatic heterocycles. The number of rotatable bonds is 6. The lowest BCUT2D eigenvalue weighted by Gasteiger charge is -2.25. The Labute approximate surface area is 109 Å². The topological polar surface area (TPSA) is 42.7 Å². The first-order valence-electron chi connectivity index (χ1n) is 7.34. The third kappa shape index (κ3) is 2.44. The molecule has 0 amide bonds. The predicted octanol–water partition coefficient (Wildman–Crippen LogP) is 1.77. The molecule has 1 aromatic heterocycles. The van der Waals surface area contributed by atoms with Crippen LogP contribution in [0, 0.1) is 17.8 Å². The molecule has 4 nitrogen and oxygen atoms in total. The molecule has 1 N–H and O–H groups in total. The van der Waals surface area contributed by atoms with Gasteiger partial charge in [-0.1, -0.05) is 6.92 Å². The normalized spacial score (nSPS) is 31.3. The van der Waals surface area contributed by atoms with Crippen LogP contribution in [-0.2, 0) is 13.5 Å². The van der Waals surface area contributed by atoms with E-state index in [1.54, 1.807) is 6.33 Å². The van der Waals surface area contributed by atoms with E-state index in [2.05, 4.69) is 22.3 Å². The third-order valence-electron chi connectivity index (χ3n) is 4.71. The van der Waals surface area contributed by atoms with Crippen molar-refractivity contribution in [2.45, 2.75) is 45.1 Å². The maximum Gasteiger partial charge on any atom is 0.138 e. The van der Waals surface area contributed by atoms with Gasteiger partial charge < -0.3 is 5.32 Å². The molecule has 2 aliphatic rings. The van der Waals surface area contributed by atoms with E-state index in [9.17, 15) is 0 Å². The molecular formula is C14H24N4. The number of nitrogens with one attached hydrogen (secondary N) is 1. The minimum atomic E-state index is 0.598. The van der Waals surface area contributed by atoms with Crippen molar-refractivity contribution in [1.82, 2.24) is 20.1 Å². The zero-order chi connectivity index (χ0) is 12.5. The van der Waals surface area contributed by atoms with Gasteiger partial charge in [-0.05, 0) is 50.0 Å². The maximum absolute atomic E-state index is 4.38. The number of aryl methyl sites for hydroxylation is 1. The van der Waals surface area contributed by atoms with Crippen LogP contribution >= 0.6 is 0 Å². The Morgan fingerprint density at radius 2 is 2.17 bits per heavy atom. The number of fused-ring (bicyclic) bond motifs is 1. The summed E-state index contributed by atoms with van der Waals surface area (Å²) < 4.78 is 1.91. The lowest BCUT2D eigenvalue weighted by Crippen LogP contribution is -2.38. The molecule has 2 saturated carbocycles. The minimum Gasteiger partial charge on any atom is -0.313 e. The van der Waals surface area contributed by atoms with Crippen LogP contribution in [0.15, 0.2) is 6.33 Å². The largest absolute Gasteiger partial charge is 0.313 e. The Bertz CT molecular complexity index is 390. The van der Waals surface area contributed by atoms with Gasteiger partial charge in [0.15, 0.2) is 0 Å². The van der Waals surface area contributed by atoms with E-state index in [-0.39, 0.29) is 0 Å². The summed E-state index contributed by atoms with van der Waals surface area (Å²) in [7, 11) is 1.99. The highest BCUT2D eigenvalue weighted by atomic mass is 15.3. The van der Waals surface area contributed by atoms with Crippen LogP contribution in [0.25, 0.3) is 0 Å². The molecule has 1 aromatic rings. The van der Waals surface area contributed by atoms with Crippen molar-refractivity contribution in [2.24, 2.45) is 24.8 Å². The first-order chi connectivity index (χ1) is 8.78. The van der Waals surface area contributed by atoms with Crippen LogP contribution in [0.2, 0.25) is 0 Å². The molecule has 0 radical (unpaired) electrons. The van der Waals surface area contributed by atoms with Crippen molar-refractivity contribution >= 4 is 0 Å². The van der Waals surface area contributed by atoms with Crippen molar-refractivity contribution in [1.29, 1.82) is 0 Å². The van der Waals surface area contributed by atoms with Gasteiger partial charge in [0.05, 0.1) is 0 Å². The van der Waals surface area contributed by atoms with Crippen LogP contribution in [0.3, 0.4) is 0 Å². The van der Waals surface area contributed by atoms with Crippen LogP contribution in [-0.4, -0.2) is 27.4 Å². The third-order valence-corrected chi connectivity index (χ3v) is 4.71. The highest BCUT2D eigenvalue weighted by Crippen LogP contribution is 2.55. The molecule has 4 heteroatoms. The number of hydrogen-bond donors (Lipinski definition) is 1. The molecule has 1 heterocycles. The molecule has 3 rings (SSSR count). The van der Waals surface area contributed by atoms with Gasteiger partial charge >= 0.3 is 0 Å². The number of aromatic nitrogens is 3. The van der Waals surface area contributed by atoms with Crippen LogP contribution < -0.4 is 5.32 Å². The van der Waals surface area contributed by atoms with Gasteiger partial charge in [-0.2, -0.15) is 5.10 Å². The van der Waals surface area contributed by atoms with Crippen LogP contribution in [0.5, 0.6) is 0 Å². The Hall–Kier alpha value is -0.900. The summed E-state index contributed by atoms with van der Waals surface area (Å²) >= 11 is 0. The first-order valence-corrected chi connectivity index (χ1v) is 7.34. The molecule has 3 atom stereocenters. The van der Waals surface area contributed by atoms with Gasteiger partial charge in [0.1, 0.15) is 12.2 Å². The van der Waals surface area contributed by atoms with E-state index in [1.165, 1.54) is 25.7 Å². The fraction of sp³-hybridized carbons (Fsp3) is 0.857. The van der Waals surface area contributed by atoms with Crippen molar-refractivity contribution in [3.63, 3.8) is 0 Å². The summed E-state index contributed by atoms with van der Waals surface area (Å²) in [6, 6.07) is 0.598. The zero-order valence-electron chi connectivity index (χ0n) is 11.5. The molecule has 0 spiro atoms. The average molecular weight is 248 g/mol. The molecule has 2 fully saturated rings. The van der Waals surface area contributed by atoms with Crippen molar-refractivity contribution < 1.29 is 0 Å². The van der Waals surface area contributed by atoms with E-state index in [1.807, 2.05) is 11.7 Å². The van der Waals surface area contributed by atoms with Crippen molar-refractivity contribution in [2.75, 3.05) is 6.54 Å². The molecule has 3 unspecified atom stereocenters. The molecule has 0 bridgehead atoms. The highest BCUT2D eigenvalue weighted by Gasteiger charge is 2.47. The second-order valence-electron chi connectivity index (χ2n) is 6.05. The second-order valence-corrected chi connectivity index (χ2v) is 6.05. The Balaban J connectivity index is 1.63. The van der Waals surface area contributed by atoms with E-state index in [0.717, 1.165) is 36.5 Å². The van der Waals surface area contributed by atoms with Crippen molar-refractivity contribution in [3.8, 4) is 0 Å². The second kappa shape index (κ2) is 5.00. The smallest absolute Gasteiger partial charge is 0.138 e. The number of nitrogens with zero attached hydrogens (tertiary/aromatic N) is 3. The minimum absolute atomic E-state index is 0.598. The zero-order valence-corrected chi connectivity index (χ0v) is 11.5. The Morgan fingerprint density at radius 1 is 1.39 bits per heavy atom. The summed E-state index contributed by atoms with van der Waals surface area (Å²) in [4.78, 5) is 4.38. The quantitative estimate of drug-likeness (QED) is 0.834. The lowest BCUT2D eigenvalue weighted by molar-refractivity contribution is 0.326. The fourth-order valence-electron chi connectivity index (χ4n) is 3.53. The maximum atomic E-state index is 4.38. The summed E-state index contributed by atoms with van der Waals surface area (Å²) in [6.45, 7) is 3.35. The van der Waals surface area contributed by atoms with E-state index in [4.69, 9.17) is 0 Å². The van der Waals surface area contributed by atoms with Crippen LogP contribution in [0.4, 0.5) is 0 Å². The molecule has 2 aliphatic carbocycles. The lowest BCUT2D eigenvalue weighted by atomic mass is 9.91. The van der Waals surface area contributed by atoms with Crippen molar-refractivity contribution in [3.05, 3.63) is 12.2 Å². The highest BCUT2D eigenvalue weighted by molar-refractivity contribution is 5.01. The molecular weight excluding hydrogens is 224 g/mol. The standard InChI is InChI=1S/C14H24N4/c1-3-4-15-13(8-14-16-9-17-18(14)2)12-6-10-5-11(10)7-12/h9-13,15H,3-8H2,1-2H3. The predicted molar refractivity (Wildman–Crippen MR) is 71.1 cm³/mol. The van der Waals surface area contributed by atoms with Gasteiger partial charge in [0, 0.05) is 19.5 Å². The molecule has 100 valence electrons. The monoisotopic (exact) mass is 248 g/mol. The van der Waals surface area contributed by atoms with Gasteiger partial charge in [-0.25, -0.2) is 4.98 Å². The fourth-order valence-corrected chi connectivity index (χ4v) is 3.53. The summed E-state index contributed by atoms with van der Waals surface area (Å²) in [5.41, 5.74) is 0. The average Bonchev–Trinajstić information content (AvgIpc) is 2.79. The number of hydrogen-bond acceptors (Lipinski definition) is 3. The van der Waals surface area contributed by atoms with Gasteiger partial charge in [-0.15, -0.1) is 0 Å². The first kappa shape index (κ1) is 12.2. The van der Waals surface area contributed by atoms with E-state index in [0.29, 0.717) is 6.04 Å². The SMILES string of the molecule is CCCNC(Cc1ncnn1C)C1CC2CC2C1. The molecule has 18 heavy (non-hydrogen) atoms. The molecule has 0 aromatic carbocycles. The van der Waals surface area contributed by atoms with Gasteiger partial charge in [-0.3, -0.25) is 4.68 Å². The van der Waals surface area contributed by atoms with E-state index >= 15 is 0 Å².